The number of halogens is 1. The molecule has 0 saturated carbocycles. The van der Waals surface area contributed by atoms with Crippen LogP contribution in [0.15, 0.2) is 53.3 Å². The van der Waals surface area contributed by atoms with E-state index in [1.807, 2.05) is 36.4 Å². The summed E-state index contributed by atoms with van der Waals surface area (Å²) in [6.07, 6.45) is 1.52. The Hall–Kier alpha value is -2.14. The first-order valence-electron chi connectivity index (χ1n) is 6.08. The second-order valence-corrected chi connectivity index (χ2v) is 5.19. The Bertz CT molecular complexity index is 753. The molecule has 0 unspecified atom stereocenters. The molecule has 1 aromatic carbocycles. The lowest BCUT2D eigenvalue weighted by molar-refractivity contribution is 0.0472. The number of hydrogen-bond donors (Lipinski definition) is 1. The van der Waals surface area contributed by atoms with Gasteiger partial charge in [-0.05, 0) is 33.6 Å². The molecule has 100 valence electrons. The van der Waals surface area contributed by atoms with Crippen LogP contribution in [-0.2, 0) is 11.3 Å². The Morgan fingerprint density at radius 3 is 2.85 bits per heavy atom. The van der Waals surface area contributed by atoms with Crippen LogP contribution in [0.1, 0.15) is 15.9 Å². The second kappa shape index (κ2) is 5.46. The number of carbonyl (C=O) groups is 1. The summed E-state index contributed by atoms with van der Waals surface area (Å²) >= 11 is 3.34. The minimum absolute atomic E-state index is 0.256. The number of fused-ring (bicyclic) bond motifs is 1. The molecule has 0 aliphatic carbocycles. The van der Waals surface area contributed by atoms with E-state index in [1.54, 1.807) is 6.07 Å². The van der Waals surface area contributed by atoms with Crippen LogP contribution in [0.25, 0.3) is 11.0 Å². The SMILES string of the molecule is O=C(OCc1ccccc1)c1cnc2cc(Br)[nH]c2c1. The molecular weight excluding hydrogens is 320 g/mol. The summed E-state index contributed by atoms with van der Waals surface area (Å²) < 4.78 is 6.09. The molecule has 2 aromatic heterocycles. The molecule has 0 bridgehead atoms. The van der Waals surface area contributed by atoms with E-state index < -0.39 is 0 Å². The summed E-state index contributed by atoms with van der Waals surface area (Å²) in [5.41, 5.74) is 2.99. The summed E-state index contributed by atoms with van der Waals surface area (Å²) in [5, 5.41) is 0. The van der Waals surface area contributed by atoms with Gasteiger partial charge in [-0.25, -0.2) is 4.79 Å². The van der Waals surface area contributed by atoms with Crippen molar-refractivity contribution in [1.82, 2.24) is 9.97 Å². The van der Waals surface area contributed by atoms with Crippen molar-refractivity contribution in [3.63, 3.8) is 0 Å². The summed E-state index contributed by atoms with van der Waals surface area (Å²) in [6, 6.07) is 13.2. The van der Waals surface area contributed by atoms with E-state index in [4.69, 9.17) is 4.74 Å². The van der Waals surface area contributed by atoms with Crippen LogP contribution in [0.4, 0.5) is 0 Å². The Labute approximate surface area is 123 Å². The van der Waals surface area contributed by atoms with E-state index in [1.165, 1.54) is 6.20 Å². The summed E-state index contributed by atoms with van der Waals surface area (Å²) in [6.45, 7) is 0.256. The zero-order valence-electron chi connectivity index (χ0n) is 10.5. The van der Waals surface area contributed by atoms with Gasteiger partial charge in [-0.2, -0.15) is 0 Å². The largest absolute Gasteiger partial charge is 0.457 e. The molecule has 4 nitrogen and oxygen atoms in total. The normalized spacial score (nSPS) is 10.7. The number of esters is 1. The van der Waals surface area contributed by atoms with Crippen molar-refractivity contribution in [2.75, 3.05) is 0 Å². The van der Waals surface area contributed by atoms with Gasteiger partial charge in [0, 0.05) is 6.20 Å². The fourth-order valence-corrected chi connectivity index (χ4v) is 2.32. The van der Waals surface area contributed by atoms with Crippen molar-refractivity contribution in [3.8, 4) is 0 Å². The van der Waals surface area contributed by atoms with E-state index in [9.17, 15) is 4.79 Å². The van der Waals surface area contributed by atoms with E-state index in [2.05, 4.69) is 25.9 Å². The number of aromatic nitrogens is 2. The van der Waals surface area contributed by atoms with Crippen molar-refractivity contribution < 1.29 is 9.53 Å². The molecule has 0 spiro atoms. The van der Waals surface area contributed by atoms with Crippen LogP contribution in [-0.4, -0.2) is 15.9 Å². The number of nitrogens with one attached hydrogen (secondary N) is 1. The molecular formula is C15H11BrN2O2. The van der Waals surface area contributed by atoms with Crippen molar-refractivity contribution >= 4 is 32.9 Å². The molecule has 3 aromatic rings. The first kappa shape index (κ1) is 12.9. The standard InChI is InChI=1S/C15H11BrN2O2/c16-14-7-12-13(18-14)6-11(8-17-12)15(19)20-9-10-4-2-1-3-5-10/h1-8,18H,9H2. The van der Waals surface area contributed by atoms with Crippen molar-refractivity contribution in [2.45, 2.75) is 6.61 Å². The van der Waals surface area contributed by atoms with Gasteiger partial charge < -0.3 is 9.72 Å². The van der Waals surface area contributed by atoms with Crippen molar-refractivity contribution in [3.05, 3.63) is 64.4 Å². The zero-order valence-corrected chi connectivity index (χ0v) is 12.1. The topological polar surface area (TPSA) is 55.0 Å². The number of H-pyrrole nitrogens is 1. The maximum absolute atomic E-state index is 12.0. The van der Waals surface area contributed by atoms with Crippen molar-refractivity contribution in [1.29, 1.82) is 0 Å². The number of aromatic amines is 1. The first-order valence-corrected chi connectivity index (χ1v) is 6.87. The predicted octanol–water partition coefficient (Wildman–Crippen LogP) is 3.68. The number of hydrogen-bond acceptors (Lipinski definition) is 3. The van der Waals surface area contributed by atoms with Crippen LogP contribution in [0, 0.1) is 0 Å². The monoisotopic (exact) mass is 330 g/mol. The number of nitrogens with zero attached hydrogens (tertiary/aromatic N) is 1. The highest BCUT2D eigenvalue weighted by Crippen LogP contribution is 2.18. The summed E-state index contributed by atoms with van der Waals surface area (Å²) in [7, 11) is 0. The van der Waals surface area contributed by atoms with Crippen LogP contribution in [0.3, 0.4) is 0 Å². The van der Waals surface area contributed by atoms with Crippen molar-refractivity contribution in [2.24, 2.45) is 0 Å². The molecule has 0 saturated heterocycles. The minimum Gasteiger partial charge on any atom is -0.457 e. The second-order valence-electron chi connectivity index (χ2n) is 4.34. The Balaban J connectivity index is 1.75. The third-order valence-electron chi connectivity index (χ3n) is 2.88. The molecule has 0 fully saturated rings. The highest BCUT2D eigenvalue weighted by atomic mass is 79.9. The number of ether oxygens (including phenoxy) is 1. The fraction of sp³-hybridized carbons (Fsp3) is 0.0667. The number of pyridine rings is 1. The lowest BCUT2D eigenvalue weighted by Gasteiger charge is -2.04. The van der Waals surface area contributed by atoms with Crippen LogP contribution in [0.2, 0.25) is 0 Å². The Morgan fingerprint density at radius 1 is 1.25 bits per heavy atom. The first-order chi connectivity index (χ1) is 9.72. The van der Waals surface area contributed by atoms with Gasteiger partial charge in [0.25, 0.3) is 0 Å². The molecule has 0 aliphatic heterocycles. The van der Waals surface area contributed by atoms with Crippen LogP contribution >= 0.6 is 15.9 Å². The quantitative estimate of drug-likeness (QED) is 0.745. The molecule has 3 rings (SSSR count). The number of rotatable bonds is 3. The summed E-state index contributed by atoms with van der Waals surface area (Å²) in [5.74, 6) is -0.381. The van der Waals surface area contributed by atoms with Gasteiger partial charge in [-0.1, -0.05) is 30.3 Å². The van der Waals surface area contributed by atoms with Gasteiger partial charge in [-0.15, -0.1) is 0 Å². The lowest BCUT2D eigenvalue weighted by Crippen LogP contribution is -2.05. The van der Waals surface area contributed by atoms with E-state index >= 15 is 0 Å². The average molecular weight is 331 g/mol. The number of benzene rings is 1. The third kappa shape index (κ3) is 2.72. The molecule has 0 aliphatic rings. The zero-order chi connectivity index (χ0) is 13.9. The highest BCUT2D eigenvalue weighted by Gasteiger charge is 2.10. The van der Waals surface area contributed by atoms with Gasteiger partial charge >= 0.3 is 5.97 Å². The van der Waals surface area contributed by atoms with Gasteiger partial charge in [-0.3, -0.25) is 4.98 Å². The van der Waals surface area contributed by atoms with E-state index in [-0.39, 0.29) is 12.6 Å². The van der Waals surface area contributed by atoms with E-state index in [0.717, 1.165) is 21.2 Å². The summed E-state index contributed by atoms with van der Waals surface area (Å²) in [4.78, 5) is 19.3. The predicted molar refractivity (Wildman–Crippen MR) is 79.4 cm³/mol. The molecule has 1 N–H and O–H groups in total. The molecule has 5 heteroatoms. The molecule has 0 amide bonds. The molecule has 2 heterocycles. The van der Waals surface area contributed by atoms with Gasteiger partial charge in [0.1, 0.15) is 6.61 Å². The fourth-order valence-electron chi connectivity index (χ4n) is 1.89. The average Bonchev–Trinajstić information content (AvgIpc) is 2.85. The molecule has 0 radical (unpaired) electrons. The highest BCUT2D eigenvalue weighted by molar-refractivity contribution is 9.10. The number of carbonyl (C=O) groups excluding carboxylic acids is 1. The van der Waals surface area contributed by atoms with Crippen LogP contribution < -0.4 is 0 Å². The minimum atomic E-state index is -0.381. The maximum Gasteiger partial charge on any atom is 0.340 e. The van der Waals surface area contributed by atoms with Crippen LogP contribution in [0.5, 0.6) is 0 Å². The lowest BCUT2D eigenvalue weighted by atomic mass is 10.2. The molecule has 20 heavy (non-hydrogen) atoms. The Morgan fingerprint density at radius 2 is 2.05 bits per heavy atom. The molecule has 0 atom stereocenters. The van der Waals surface area contributed by atoms with Gasteiger partial charge in [0.05, 0.1) is 21.2 Å². The smallest absolute Gasteiger partial charge is 0.340 e. The van der Waals surface area contributed by atoms with Gasteiger partial charge in [0.15, 0.2) is 0 Å². The maximum atomic E-state index is 12.0. The Kier molecular flexibility index (Phi) is 3.52. The van der Waals surface area contributed by atoms with Gasteiger partial charge in [0.2, 0.25) is 0 Å². The third-order valence-corrected chi connectivity index (χ3v) is 3.31. The van der Waals surface area contributed by atoms with E-state index in [0.29, 0.717) is 5.56 Å².